The van der Waals surface area contributed by atoms with E-state index in [0.717, 1.165) is 29.0 Å². The lowest BCUT2D eigenvalue weighted by molar-refractivity contribution is 1.00. The Labute approximate surface area is 100 Å². The first-order valence-corrected chi connectivity index (χ1v) is 4.28. The average molecular weight is 249 g/mol. The van der Waals surface area contributed by atoms with Crippen molar-refractivity contribution in [3.63, 3.8) is 0 Å². The second kappa shape index (κ2) is 5.80. The van der Waals surface area contributed by atoms with Crippen molar-refractivity contribution in [3.8, 4) is 0 Å². The molecule has 0 bridgehead atoms. The number of H-pyrrole nitrogens is 1. The van der Waals surface area contributed by atoms with E-state index in [1.165, 1.54) is 0 Å². The molecule has 0 radical (unpaired) electrons. The SMILES string of the molecule is CCc1nc2ccc(NN)cc2[nH]1.Cl.Cl. The molecule has 0 unspecified atom stereocenters. The van der Waals surface area contributed by atoms with Gasteiger partial charge in [0, 0.05) is 6.42 Å². The van der Waals surface area contributed by atoms with E-state index < -0.39 is 0 Å². The maximum Gasteiger partial charge on any atom is 0.106 e. The van der Waals surface area contributed by atoms with Crippen LogP contribution in [-0.2, 0) is 6.42 Å². The van der Waals surface area contributed by atoms with E-state index in [1.54, 1.807) is 0 Å². The van der Waals surface area contributed by atoms with Gasteiger partial charge in [0.05, 0.1) is 16.7 Å². The van der Waals surface area contributed by atoms with Gasteiger partial charge in [-0.3, -0.25) is 5.84 Å². The summed E-state index contributed by atoms with van der Waals surface area (Å²) in [5, 5.41) is 0. The van der Waals surface area contributed by atoms with Gasteiger partial charge in [-0.1, -0.05) is 6.92 Å². The Morgan fingerprint density at radius 2 is 2.13 bits per heavy atom. The van der Waals surface area contributed by atoms with Gasteiger partial charge in [-0.05, 0) is 18.2 Å². The summed E-state index contributed by atoms with van der Waals surface area (Å²) < 4.78 is 0. The third kappa shape index (κ3) is 2.75. The zero-order valence-corrected chi connectivity index (χ0v) is 9.91. The first-order valence-electron chi connectivity index (χ1n) is 4.28. The minimum Gasteiger partial charge on any atom is -0.342 e. The number of rotatable bonds is 2. The van der Waals surface area contributed by atoms with Crippen molar-refractivity contribution in [1.29, 1.82) is 0 Å². The molecule has 0 amide bonds. The van der Waals surface area contributed by atoms with Crippen molar-refractivity contribution < 1.29 is 0 Å². The highest BCUT2D eigenvalue weighted by molar-refractivity contribution is 5.85. The van der Waals surface area contributed by atoms with Crippen LogP contribution in [0.3, 0.4) is 0 Å². The van der Waals surface area contributed by atoms with Crippen LogP contribution in [0.2, 0.25) is 0 Å². The first kappa shape index (κ1) is 14.0. The number of fused-ring (bicyclic) bond motifs is 1. The fraction of sp³-hybridized carbons (Fsp3) is 0.222. The highest BCUT2D eigenvalue weighted by Crippen LogP contribution is 2.16. The Balaban J connectivity index is 0.000000980. The molecule has 0 aliphatic carbocycles. The smallest absolute Gasteiger partial charge is 0.106 e. The number of nitrogens with one attached hydrogen (secondary N) is 2. The Hall–Kier alpha value is -0.970. The van der Waals surface area contributed by atoms with Gasteiger partial charge in [-0.15, -0.1) is 24.8 Å². The van der Waals surface area contributed by atoms with E-state index in [0.29, 0.717) is 0 Å². The molecule has 1 heterocycles. The molecular weight excluding hydrogens is 235 g/mol. The minimum atomic E-state index is 0. The fourth-order valence-electron chi connectivity index (χ4n) is 1.32. The molecule has 84 valence electrons. The van der Waals surface area contributed by atoms with Gasteiger partial charge in [0.1, 0.15) is 5.82 Å². The molecule has 0 fully saturated rings. The van der Waals surface area contributed by atoms with Gasteiger partial charge in [-0.2, -0.15) is 0 Å². The summed E-state index contributed by atoms with van der Waals surface area (Å²) in [6, 6.07) is 5.80. The van der Waals surface area contributed by atoms with Crippen LogP contribution in [0.4, 0.5) is 5.69 Å². The largest absolute Gasteiger partial charge is 0.342 e. The summed E-state index contributed by atoms with van der Waals surface area (Å²) in [5.74, 6) is 6.30. The van der Waals surface area contributed by atoms with Gasteiger partial charge >= 0.3 is 0 Å². The molecular formula is C9H14Cl2N4. The topological polar surface area (TPSA) is 66.7 Å². The Kier molecular flexibility index (Phi) is 5.43. The van der Waals surface area contributed by atoms with Crippen LogP contribution in [0.15, 0.2) is 18.2 Å². The number of benzene rings is 1. The maximum atomic E-state index is 5.30. The number of hydrogen-bond donors (Lipinski definition) is 3. The minimum absolute atomic E-state index is 0. The molecule has 15 heavy (non-hydrogen) atoms. The molecule has 0 spiro atoms. The van der Waals surface area contributed by atoms with Gasteiger partial charge in [0.15, 0.2) is 0 Å². The summed E-state index contributed by atoms with van der Waals surface area (Å²) in [7, 11) is 0. The molecule has 4 N–H and O–H groups in total. The number of aromatic amines is 1. The van der Waals surface area contributed by atoms with Crippen LogP contribution in [0, 0.1) is 0 Å². The van der Waals surface area contributed by atoms with E-state index in [-0.39, 0.29) is 24.8 Å². The Bertz CT molecular complexity index is 425. The van der Waals surface area contributed by atoms with Crippen molar-refractivity contribution in [1.82, 2.24) is 9.97 Å². The van der Waals surface area contributed by atoms with Crippen LogP contribution in [0.1, 0.15) is 12.7 Å². The van der Waals surface area contributed by atoms with Crippen molar-refractivity contribution in [2.24, 2.45) is 5.84 Å². The number of aryl methyl sites for hydroxylation is 1. The van der Waals surface area contributed by atoms with Crippen molar-refractivity contribution in [3.05, 3.63) is 24.0 Å². The number of aromatic nitrogens is 2. The van der Waals surface area contributed by atoms with Crippen molar-refractivity contribution >= 4 is 41.5 Å². The molecule has 1 aromatic carbocycles. The zero-order chi connectivity index (χ0) is 9.26. The number of anilines is 1. The second-order valence-corrected chi connectivity index (χ2v) is 2.91. The predicted molar refractivity (Wildman–Crippen MR) is 67.8 cm³/mol. The van der Waals surface area contributed by atoms with E-state index in [1.807, 2.05) is 18.2 Å². The number of nitrogen functional groups attached to an aromatic ring is 1. The van der Waals surface area contributed by atoms with E-state index in [4.69, 9.17) is 5.84 Å². The maximum absolute atomic E-state index is 5.30. The molecule has 1 aromatic heterocycles. The molecule has 0 saturated carbocycles. The number of nitrogens with two attached hydrogens (primary N) is 1. The lowest BCUT2D eigenvalue weighted by Gasteiger charge is -1.96. The van der Waals surface area contributed by atoms with Crippen molar-refractivity contribution in [2.75, 3.05) is 5.43 Å². The molecule has 0 aliphatic rings. The number of nitrogens with zero attached hydrogens (tertiary/aromatic N) is 1. The van der Waals surface area contributed by atoms with Crippen LogP contribution >= 0.6 is 24.8 Å². The molecule has 4 nitrogen and oxygen atoms in total. The van der Waals surface area contributed by atoms with Crippen LogP contribution in [-0.4, -0.2) is 9.97 Å². The summed E-state index contributed by atoms with van der Waals surface area (Å²) in [4.78, 5) is 7.60. The standard InChI is InChI=1S/C9H12N4.2ClH/c1-2-9-11-7-4-3-6(13-10)5-8(7)12-9;;/h3-5,13H,2,10H2,1H3,(H,11,12);2*1H. The number of hydrogen-bond acceptors (Lipinski definition) is 3. The van der Waals surface area contributed by atoms with Gasteiger partial charge < -0.3 is 10.4 Å². The Morgan fingerprint density at radius 3 is 2.73 bits per heavy atom. The number of hydrazine groups is 1. The normalized spacial score (nSPS) is 9.20. The highest BCUT2D eigenvalue weighted by atomic mass is 35.5. The zero-order valence-electron chi connectivity index (χ0n) is 8.28. The lowest BCUT2D eigenvalue weighted by atomic mass is 10.3. The lowest BCUT2D eigenvalue weighted by Crippen LogP contribution is -2.05. The van der Waals surface area contributed by atoms with Gasteiger partial charge in [-0.25, -0.2) is 4.98 Å². The molecule has 2 rings (SSSR count). The summed E-state index contributed by atoms with van der Waals surface area (Å²) in [6.45, 7) is 2.07. The number of halogens is 2. The quantitative estimate of drug-likeness (QED) is 0.565. The van der Waals surface area contributed by atoms with E-state index in [9.17, 15) is 0 Å². The summed E-state index contributed by atoms with van der Waals surface area (Å²) >= 11 is 0. The molecule has 2 aromatic rings. The van der Waals surface area contributed by atoms with Gasteiger partial charge in [0.2, 0.25) is 0 Å². The van der Waals surface area contributed by atoms with Crippen LogP contribution in [0.5, 0.6) is 0 Å². The molecule has 0 saturated heterocycles. The van der Waals surface area contributed by atoms with E-state index in [2.05, 4.69) is 22.3 Å². The van der Waals surface area contributed by atoms with E-state index >= 15 is 0 Å². The summed E-state index contributed by atoms with van der Waals surface area (Å²) in [6.07, 6.45) is 0.917. The third-order valence-corrected chi connectivity index (χ3v) is 2.03. The van der Waals surface area contributed by atoms with Gasteiger partial charge in [0.25, 0.3) is 0 Å². The third-order valence-electron chi connectivity index (χ3n) is 2.03. The predicted octanol–water partition coefficient (Wildman–Crippen LogP) is 2.25. The fourth-order valence-corrected chi connectivity index (χ4v) is 1.32. The molecule has 6 heteroatoms. The molecule has 0 aliphatic heterocycles. The number of imidazole rings is 1. The van der Waals surface area contributed by atoms with Crippen LogP contribution < -0.4 is 11.3 Å². The van der Waals surface area contributed by atoms with Crippen molar-refractivity contribution in [2.45, 2.75) is 13.3 Å². The average Bonchev–Trinajstić information content (AvgIpc) is 2.58. The van der Waals surface area contributed by atoms with Crippen LogP contribution in [0.25, 0.3) is 11.0 Å². The Morgan fingerprint density at radius 1 is 1.40 bits per heavy atom. The highest BCUT2D eigenvalue weighted by Gasteiger charge is 2.00. The summed E-state index contributed by atoms with van der Waals surface area (Å²) in [5.41, 5.74) is 5.49. The monoisotopic (exact) mass is 248 g/mol. The first-order chi connectivity index (χ1) is 6.33. The molecule has 0 atom stereocenters. The second-order valence-electron chi connectivity index (χ2n) is 2.91.